The summed E-state index contributed by atoms with van der Waals surface area (Å²) in [4.78, 5) is 0. The summed E-state index contributed by atoms with van der Waals surface area (Å²) >= 11 is 0. The predicted molar refractivity (Wildman–Crippen MR) is 83.2 cm³/mol. The van der Waals surface area contributed by atoms with Crippen molar-refractivity contribution in [2.75, 3.05) is 19.8 Å². The minimum atomic E-state index is -1.58. The van der Waals surface area contributed by atoms with Crippen molar-refractivity contribution in [2.24, 2.45) is 0 Å². The summed E-state index contributed by atoms with van der Waals surface area (Å²) in [6, 6.07) is 0. The van der Waals surface area contributed by atoms with Gasteiger partial charge in [-0.15, -0.1) is 0 Å². The van der Waals surface area contributed by atoms with Crippen molar-refractivity contribution in [3.63, 3.8) is 0 Å². The molecule has 13 heteroatoms. The van der Waals surface area contributed by atoms with E-state index in [-0.39, 0.29) is 6.61 Å². The lowest BCUT2D eigenvalue weighted by atomic mass is 10.1. The molecule has 3 heterocycles. The van der Waals surface area contributed by atoms with E-state index in [1.807, 2.05) is 0 Å². The molecule has 0 amide bonds. The Kier molecular flexibility index (Phi) is 7.20. The highest BCUT2D eigenvalue weighted by atomic mass is 16.8. The summed E-state index contributed by atoms with van der Waals surface area (Å²) in [5, 5.41) is 77.2. The molecule has 13 nitrogen and oxygen atoms in total. The smallest absolute Gasteiger partial charge is 0.187 e. The fourth-order valence-corrected chi connectivity index (χ4v) is 3.35. The monoisotopic (exact) mass is 414 g/mol. The van der Waals surface area contributed by atoms with Crippen molar-refractivity contribution in [2.45, 2.75) is 73.8 Å². The lowest BCUT2D eigenvalue weighted by molar-refractivity contribution is -0.216. The minimum Gasteiger partial charge on any atom is -0.394 e. The molecule has 28 heavy (non-hydrogen) atoms. The van der Waals surface area contributed by atoms with E-state index in [4.69, 9.17) is 28.8 Å². The van der Waals surface area contributed by atoms with Crippen LogP contribution >= 0.6 is 0 Å². The largest absolute Gasteiger partial charge is 0.394 e. The Morgan fingerprint density at radius 2 is 1.21 bits per heavy atom. The van der Waals surface area contributed by atoms with Crippen LogP contribution in [-0.2, 0) is 23.7 Å². The lowest BCUT2D eigenvalue weighted by Gasteiger charge is -2.25. The van der Waals surface area contributed by atoms with E-state index in [1.165, 1.54) is 0 Å². The third kappa shape index (κ3) is 4.17. The molecule has 0 unspecified atom stereocenters. The molecule has 0 spiro atoms. The van der Waals surface area contributed by atoms with Crippen LogP contribution in [0.3, 0.4) is 0 Å². The third-order valence-electron chi connectivity index (χ3n) is 5.02. The second kappa shape index (κ2) is 9.09. The molecule has 0 aromatic heterocycles. The molecule has 0 radical (unpaired) electrons. The molecule has 0 aliphatic carbocycles. The molecule has 3 aliphatic heterocycles. The van der Waals surface area contributed by atoms with Gasteiger partial charge in [-0.05, 0) is 0 Å². The van der Waals surface area contributed by atoms with Crippen LogP contribution in [0.25, 0.3) is 0 Å². The number of rotatable bonds is 7. The zero-order valence-corrected chi connectivity index (χ0v) is 14.7. The summed E-state index contributed by atoms with van der Waals surface area (Å²) in [5.74, 6) is 0. The molecule has 3 saturated heterocycles. The van der Waals surface area contributed by atoms with Crippen LogP contribution < -0.4 is 0 Å². The van der Waals surface area contributed by atoms with Gasteiger partial charge in [-0.25, -0.2) is 0 Å². The van der Waals surface area contributed by atoms with Gasteiger partial charge in [0.1, 0.15) is 54.9 Å². The average Bonchev–Trinajstić information content (AvgIpc) is 3.23. The lowest BCUT2D eigenvalue weighted by Crippen LogP contribution is -2.44. The van der Waals surface area contributed by atoms with Crippen LogP contribution in [0, 0.1) is 0 Å². The van der Waals surface area contributed by atoms with Crippen molar-refractivity contribution >= 4 is 0 Å². The Morgan fingerprint density at radius 1 is 0.607 bits per heavy atom. The highest BCUT2D eigenvalue weighted by molar-refractivity contribution is 4.93. The minimum absolute atomic E-state index is 0.351. The molecular formula is C15H26O13. The topological polar surface area (TPSA) is 208 Å². The van der Waals surface area contributed by atoms with Gasteiger partial charge in [-0.1, -0.05) is 0 Å². The highest BCUT2D eigenvalue weighted by Crippen LogP contribution is 2.31. The number of aliphatic hydroxyl groups excluding tert-OH is 8. The first-order valence-corrected chi connectivity index (χ1v) is 8.82. The molecule has 0 bridgehead atoms. The van der Waals surface area contributed by atoms with Crippen molar-refractivity contribution in [3.8, 4) is 0 Å². The molecule has 0 aromatic rings. The summed E-state index contributed by atoms with van der Waals surface area (Å²) < 4.78 is 26.2. The Balaban J connectivity index is 1.57. The van der Waals surface area contributed by atoms with Crippen LogP contribution in [0.2, 0.25) is 0 Å². The Hall–Kier alpha value is -0.520. The normalized spacial score (nSPS) is 51.9. The molecule has 0 saturated carbocycles. The van der Waals surface area contributed by atoms with Gasteiger partial charge in [0.15, 0.2) is 18.9 Å². The van der Waals surface area contributed by atoms with Crippen molar-refractivity contribution in [1.29, 1.82) is 0 Å². The van der Waals surface area contributed by atoms with Gasteiger partial charge < -0.3 is 64.5 Å². The molecule has 3 rings (SSSR count). The SMILES string of the molecule is OC[C@H]1O[C@H](O[C@H]2[C@H](O)[C@@H](OC[C@H]3O[C@H](O)[C@@H](O)[C@@H]3O)O[C@@H]2CO)[C@@H](O)[C@@H]1O. The van der Waals surface area contributed by atoms with Gasteiger partial charge in [-0.2, -0.15) is 0 Å². The summed E-state index contributed by atoms with van der Waals surface area (Å²) in [5.41, 5.74) is 0. The first kappa shape index (κ1) is 22.2. The number of ether oxygens (including phenoxy) is 5. The van der Waals surface area contributed by atoms with Crippen molar-refractivity contribution in [1.82, 2.24) is 0 Å². The molecule has 164 valence electrons. The van der Waals surface area contributed by atoms with Crippen molar-refractivity contribution < 1.29 is 64.5 Å². The standard InChI is InChI=1S/C15H26O13/c16-1-4-7(18)10(21)15(26-4)28-12-5(2-17)27-14(11(12)22)24-3-6-8(19)9(20)13(23)25-6/h4-23H,1-3H2/t4-,5-,6-,7-,8-,9+,10+,11+,12-,13+,14+,15-/m1/s1. The number of hydrogen-bond donors (Lipinski definition) is 8. The number of aliphatic hydroxyl groups is 8. The van der Waals surface area contributed by atoms with Crippen molar-refractivity contribution in [3.05, 3.63) is 0 Å². The van der Waals surface area contributed by atoms with Crippen LogP contribution in [0.5, 0.6) is 0 Å². The van der Waals surface area contributed by atoms with Gasteiger partial charge in [0.25, 0.3) is 0 Å². The first-order chi connectivity index (χ1) is 13.3. The van der Waals surface area contributed by atoms with E-state index < -0.39 is 87.0 Å². The third-order valence-corrected chi connectivity index (χ3v) is 5.02. The zero-order valence-electron chi connectivity index (χ0n) is 14.7. The number of hydrogen-bond acceptors (Lipinski definition) is 13. The second-order valence-corrected chi connectivity index (χ2v) is 6.90. The van der Waals surface area contributed by atoms with Gasteiger partial charge in [0.05, 0.1) is 19.8 Å². The predicted octanol–water partition coefficient (Wildman–Crippen LogP) is -5.66. The molecular weight excluding hydrogens is 388 g/mol. The van der Waals surface area contributed by atoms with Gasteiger partial charge in [0, 0.05) is 0 Å². The summed E-state index contributed by atoms with van der Waals surface area (Å²) in [6.45, 7) is -1.48. The molecule has 3 aliphatic rings. The van der Waals surface area contributed by atoms with Crippen LogP contribution in [-0.4, -0.2) is 134 Å². The van der Waals surface area contributed by atoms with E-state index >= 15 is 0 Å². The van der Waals surface area contributed by atoms with Crippen LogP contribution in [0.4, 0.5) is 0 Å². The van der Waals surface area contributed by atoms with E-state index in [9.17, 15) is 35.7 Å². The maximum Gasteiger partial charge on any atom is 0.187 e. The zero-order chi connectivity index (χ0) is 20.6. The van der Waals surface area contributed by atoms with Crippen LogP contribution in [0.1, 0.15) is 0 Å². The fraction of sp³-hybridized carbons (Fsp3) is 1.00. The van der Waals surface area contributed by atoms with E-state index in [1.54, 1.807) is 0 Å². The Labute approximate surface area is 159 Å². The van der Waals surface area contributed by atoms with Gasteiger partial charge in [0.2, 0.25) is 0 Å². The summed E-state index contributed by atoms with van der Waals surface area (Å²) in [7, 11) is 0. The molecule has 0 aromatic carbocycles. The van der Waals surface area contributed by atoms with E-state index in [0.29, 0.717) is 0 Å². The maximum absolute atomic E-state index is 10.4. The van der Waals surface area contributed by atoms with Gasteiger partial charge in [-0.3, -0.25) is 0 Å². The Morgan fingerprint density at radius 3 is 1.75 bits per heavy atom. The van der Waals surface area contributed by atoms with E-state index in [2.05, 4.69) is 0 Å². The quantitative estimate of drug-likeness (QED) is 0.196. The highest BCUT2D eigenvalue weighted by Gasteiger charge is 2.51. The molecule has 3 fully saturated rings. The fourth-order valence-electron chi connectivity index (χ4n) is 3.35. The molecule has 8 N–H and O–H groups in total. The Bertz CT molecular complexity index is 508. The van der Waals surface area contributed by atoms with E-state index in [0.717, 1.165) is 0 Å². The van der Waals surface area contributed by atoms with Crippen LogP contribution in [0.15, 0.2) is 0 Å². The summed E-state index contributed by atoms with van der Waals surface area (Å²) in [6.07, 6.45) is -15.9. The maximum atomic E-state index is 10.4. The van der Waals surface area contributed by atoms with Gasteiger partial charge >= 0.3 is 0 Å². The molecule has 12 atom stereocenters. The second-order valence-electron chi connectivity index (χ2n) is 6.90. The average molecular weight is 414 g/mol. The first-order valence-electron chi connectivity index (χ1n) is 8.82.